The van der Waals surface area contributed by atoms with Crippen LogP contribution in [0, 0.1) is 0 Å². The average Bonchev–Trinajstić information content (AvgIpc) is 2.78. The number of halogens is 1. The zero-order valence-corrected chi connectivity index (χ0v) is 17.7. The number of piperazine rings is 1. The number of amides is 1. The van der Waals surface area contributed by atoms with Crippen LogP contribution in [0.2, 0.25) is 5.02 Å². The van der Waals surface area contributed by atoms with Crippen molar-refractivity contribution in [2.45, 2.75) is 31.7 Å². The van der Waals surface area contributed by atoms with Gasteiger partial charge in [-0.1, -0.05) is 48.0 Å². The molecule has 0 aliphatic carbocycles. The van der Waals surface area contributed by atoms with E-state index in [9.17, 15) is 4.79 Å². The summed E-state index contributed by atoms with van der Waals surface area (Å²) in [6, 6.07) is 18.9. The minimum absolute atomic E-state index is 0.302. The lowest BCUT2D eigenvalue weighted by Crippen LogP contribution is -2.55. The van der Waals surface area contributed by atoms with E-state index in [1.807, 2.05) is 36.4 Å². The first-order valence-electron chi connectivity index (χ1n) is 10.8. The second kappa shape index (κ2) is 9.64. The maximum atomic E-state index is 12.8. The summed E-state index contributed by atoms with van der Waals surface area (Å²) in [6.45, 7) is 5.90. The van der Waals surface area contributed by atoms with Crippen LogP contribution in [0.4, 0.5) is 5.69 Å². The van der Waals surface area contributed by atoms with Crippen molar-refractivity contribution in [1.82, 2.24) is 9.80 Å². The molecular weight excluding hydrogens is 382 g/mol. The highest BCUT2D eigenvalue weighted by atomic mass is 35.5. The Hall–Kier alpha value is -2.04. The Kier molecular flexibility index (Phi) is 6.73. The number of anilines is 1. The topological polar surface area (TPSA) is 26.8 Å². The Bertz CT molecular complexity index is 805. The SMILES string of the molecule is O=C(CCc1ccccc1)N1CCC[C@@H](N2CCN(c3cccc(Cl)c3)CC2)C1. The molecule has 0 radical (unpaired) electrons. The number of likely N-dealkylation sites (tertiary alicyclic amines) is 1. The molecule has 154 valence electrons. The monoisotopic (exact) mass is 411 g/mol. The lowest BCUT2D eigenvalue weighted by atomic mass is 10.0. The minimum Gasteiger partial charge on any atom is -0.369 e. The Morgan fingerprint density at radius 3 is 2.52 bits per heavy atom. The first-order valence-corrected chi connectivity index (χ1v) is 11.1. The lowest BCUT2D eigenvalue weighted by molar-refractivity contribution is -0.133. The van der Waals surface area contributed by atoms with Gasteiger partial charge in [0.05, 0.1) is 0 Å². The van der Waals surface area contributed by atoms with Crippen LogP contribution in [0.1, 0.15) is 24.8 Å². The van der Waals surface area contributed by atoms with Gasteiger partial charge in [0.2, 0.25) is 5.91 Å². The number of carbonyl (C=O) groups excluding carboxylic acids is 1. The fourth-order valence-electron chi connectivity index (χ4n) is 4.55. The second-order valence-electron chi connectivity index (χ2n) is 8.12. The van der Waals surface area contributed by atoms with Crippen molar-refractivity contribution in [3.63, 3.8) is 0 Å². The summed E-state index contributed by atoms with van der Waals surface area (Å²) in [4.78, 5) is 19.8. The van der Waals surface area contributed by atoms with Crippen LogP contribution in [0.25, 0.3) is 0 Å². The summed E-state index contributed by atoms with van der Waals surface area (Å²) < 4.78 is 0. The van der Waals surface area contributed by atoms with Gasteiger partial charge in [-0.3, -0.25) is 9.69 Å². The van der Waals surface area contributed by atoms with Gasteiger partial charge in [-0.15, -0.1) is 0 Å². The molecule has 0 bridgehead atoms. The molecule has 2 aromatic carbocycles. The first kappa shape index (κ1) is 20.2. The highest BCUT2D eigenvalue weighted by molar-refractivity contribution is 6.30. The summed E-state index contributed by atoms with van der Waals surface area (Å²) in [5.41, 5.74) is 2.45. The Labute approximate surface area is 179 Å². The molecule has 2 aliphatic rings. The molecule has 1 atom stereocenters. The number of nitrogens with zero attached hydrogens (tertiary/aromatic N) is 3. The van der Waals surface area contributed by atoms with Gasteiger partial charge in [-0.2, -0.15) is 0 Å². The number of aryl methyl sites for hydroxylation is 1. The van der Waals surface area contributed by atoms with Crippen molar-refractivity contribution in [3.8, 4) is 0 Å². The maximum absolute atomic E-state index is 12.8. The van der Waals surface area contributed by atoms with Crippen LogP contribution in [0.3, 0.4) is 0 Å². The van der Waals surface area contributed by atoms with Gasteiger partial charge in [0.25, 0.3) is 0 Å². The van der Waals surface area contributed by atoms with Crippen molar-refractivity contribution in [2.75, 3.05) is 44.2 Å². The predicted octanol–water partition coefficient (Wildman–Crippen LogP) is 4.09. The largest absolute Gasteiger partial charge is 0.369 e. The quantitative estimate of drug-likeness (QED) is 0.741. The Morgan fingerprint density at radius 2 is 1.76 bits per heavy atom. The van der Waals surface area contributed by atoms with Crippen LogP contribution >= 0.6 is 11.6 Å². The third-order valence-electron chi connectivity index (χ3n) is 6.22. The third kappa shape index (κ3) is 5.31. The molecule has 4 rings (SSSR count). The van der Waals surface area contributed by atoms with Gasteiger partial charge in [-0.25, -0.2) is 0 Å². The number of benzene rings is 2. The predicted molar refractivity (Wildman–Crippen MR) is 120 cm³/mol. The maximum Gasteiger partial charge on any atom is 0.222 e. The molecule has 0 unspecified atom stereocenters. The van der Waals surface area contributed by atoms with E-state index in [-0.39, 0.29) is 0 Å². The van der Waals surface area contributed by atoms with Gasteiger partial charge < -0.3 is 9.80 Å². The highest BCUT2D eigenvalue weighted by Gasteiger charge is 2.29. The highest BCUT2D eigenvalue weighted by Crippen LogP contribution is 2.23. The molecule has 2 fully saturated rings. The van der Waals surface area contributed by atoms with Crippen molar-refractivity contribution in [1.29, 1.82) is 0 Å². The third-order valence-corrected chi connectivity index (χ3v) is 6.46. The summed E-state index contributed by atoms with van der Waals surface area (Å²) in [5.74, 6) is 0.302. The van der Waals surface area contributed by atoms with Crippen molar-refractivity contribution in [2.24, 2.45) is 0 Å². The molecule has 0 aromatic heterocycles. The molecule has 5 heteroatoms. The fourth-order valence-corrected chi connectivity index (χ4v) is 4.74. The van der Waals surface area contributed by atoms with Gasteiger partial charge in [0.1, 0.15) is 0 Å². The molecule has 4 nitrogen and oxygen atoms in total. The molecule has 2 heterocycles. The second-order valence-corrected chi connectivity index (χ2v) is 8.56. The van der Waals surface area contributed by atoms with Crippen LogP contribution in [0.15, 0.2) is 54.6 Å². The van der Waals surface area contributed by atoms with Crippen LogP contribution in [-0.2, 0) is 11.2 Å². The van der Waals surface area contributed by atoms with Gasteiger partial charge in [0.15, 0.2) is 0 Å². The molecule has 29 heavy (non-hydrogen) atoms. The smallest absolute Gasteiger partial charge is 0.222 e. The molecule has 0 N–H and O–H groups in total. The van der Waals surface area contributed by atoms with Crippen molar-refractivity contribution < 1.29 is 4.79 Å². The van der Waals surface area contributed by atoms with E-state index in [2.05, 4.69) is 32.9 Å². The fraction of sp³-hybridized carbons (Fsp3) is 0.458. The summed E-state index contributed by atoms with van der Waals surface area (Å²) in [6.07, 6.45) is 3.74. The van der Waals surface area contributed by atoms with Crippen LogP contribution in [0.5, 0.6) is 0 Å². The molecule has 2 saturated heterocycles. The standard InChI is InChI=1S/C24H30ClN3O/c25-21-8-4-9-22(18-21)26-14-16-27(17-15-26)23-10-5-13-28(19-23)24(29)12-11-20-6-2-1-3-7-20/h1-4,6-9,18,23H,5,10-17,19H2/t23-/m1/s1. The molecule has 2 aliphatic heterocycles. The molecular formula is C24H30ClN3O. The van der Waals surface area contributed by atoms with Crippen LogP contribution < -0.4 is 4.90 Å². The summed E-state index contributed by atoms with van der Waals surface area (Å²) in [7, 11) is 0. The van der Waals surface area contributed by atoms with Gasteiger partial charge in [0, 0.05) is 62.4 Å². The Morgan fingerprint density at radius 1 is 0.966 bits per heavy atom. The minimum atomic E-state index is 0.302. The van der Waals surface area contributed by atoms with E-state index in [0.29, 0.717) is 18.4 Å². The number of piperidine rings is 1. The normalized spacial score (nSPS) is 20.7. The number of carbonyl (C=O) groups is 1. The van der Waals surface area contributed by atoms with E-state index in [4.69, 9.17) is 11.6 Å². The summed E-state index contributed by atoms with van der Waals surface area (Å²) in [5, 5.41) is 0.793. The number of rotatable bonds is 5. The van der Waals surface area contributed by atoms with Crippen molar-refractivity contribution >= 4 is 23.2 Å². The Balaban J connectivity index is 1.27. The van der Waals surface area contributed by atoms with E-state index in [0.717, 1.165) is 57.1 Å². The molecule has 0 saturated carbocycles. The number of hydrogen-bond acceptors (Lipinski definition) is 3. The zero-order valence-electron chi connectivity index (χ0n) is 17.0. The zero-order chi connectivity index (χ0) is 20.1. The molecule has 2 aromatic rings. The summed E-state index contributed by atoms with van der Waals surface area (Å²) >= 11 is 6.15. The van der Waals surface area contributed by atoms with Gasteiger partial charge in [-0.05, 0) is 43.0 Å². The first-order chi connectivity index (χ1) is 14.2. The van der Waals surface area contributed by atoms with E-state index in [1.165, 1.54) is 17.7 Å². The van der Waals surface area contributed by atoms with Gasteiger partial charge >= 0.3 is 0 Å². The van der Waals surface area contributed by atoms with E-state index < -0.39 is 0 Å². The van der Waals surface area contributed by atoms with E-state index >= 15 is 0 Å². The van der Waals surface area contributed by atoms with E-state index in [1.54, 1.807) is 0 Å². The molecule has 1 amide bonds. The molecule has 0 spiro atoms. The lowest BCUT2D eigenvalue weighted by Gasteiger charge is -2.44. The van der Waals surface area contributed by atoms with Crippen LogP contribution in [-0.4, -0.2) is 61.0 Å². The van der Waals surface area contributed by atoms with Crippen molar-refractivity contribution in [3.05, 3.63) is 65.2 Å². The number of hydrogen-bond donors (Lipinski definition) is 0. The average molecular weight is 412 g/mol.